The van der Waals surface area contributed by atoms with Gasteiger partial charge in [-0.1, -0.05) is 13.3 Å². The standard InChI is InChI=1S/C14H16F3N3O/c1-2-3-8-20-9-19-12(13(20)18)10-4-6-11(7-5-10)21-14(15,16)17/h4-7,9H,2-3,8,18H2,1H3. The molecule has 0 aliphatic heterocycles. The molecule has 1 aromatic carbocycles. The number of nitrogens with two attached hydrogens (primary N) is 1. The Hall–Kier alpha value is -2.18. The summed E-state index contributed by atoms with van der Waals surface area (Å²) in [7, 11) is 0. The first kappa shape index (κ1) is 15.2. The van der Waals surface area contributed by atoms with Crippen LogP contribution in [0.15, 0.2) is 30.6 Å². The van der Waals surface area contributed by atoms with Crippen LogP contribution in [0.25, 0.3) is 11.3 Å². The van der Waals surface area contributed by atoms with E-state index in [1.165, 1.54) is 24.3 Å². The SMILES string of the molecule is CCCCn1cnc(-c2ccc(OC(F)(F)F)cc2)c1N. The maximum Gasteiger partial charge on any atom is 0.573 e. The molecule has 0 unspecified atom stereocenters. The van der Waals surface area contributed by atoms with E-state index in [1.54, 1.807) is 6.33 Å². The Balaban J connectivity index is 2.17. The van der Waals surface area contributed by atoms with Gasteiger partial charge in [-0.15, -0.1) is 13.2 Å². The van der Waals surface area contributed by atoms with Crippen LogP contribution in [0.2, 0.25) is 0 Å². The van der Waals surface area contributed by atoms with Gasteiger partial charge in [0.1, 0.15) is 17.3 Å². The lowest BCUT2D eigenvalue weighted by Crippen LogP contribution is -2.16. The molecule has 21 heavy (non-hydrogen) atoms. The zero-order valence-electron chi connectivity index (χ0n) is 11.5. The second-order valence-corrected chi connectivity index (χ2v) is 4.60. The summed E-state index contributed by atoms with van der Waals surface area (Å²) in [6, 6.07) is 5.49. The third kappa shape index (κ3) is 3.90. The first-order valence-corrected chi connectivity index (χ1v) is 6.57. The maximum absolute atomic E-state index is 12.1. The quantitative estimate of drug-likeness (QED) is 0.913. The second-order valence-electron chi connectivity index (χ2n) is 4.60. The van der Waals surface area contributed by atoms with Gasteiger partial charge in [-0.05, 0) is 30.7 Å². The fraction of sp³-hybridized carbons (Fsp3) is 0.357. The second kappa shape index (κ2) is 6.07. The fourth-order valence-corrected chi connectivity index (χ4v) is 1.94. The predicted molar refractivity (Wildman–Crippen MR) is 73.7 cm³/mol. The van der Waals surface area contributed by atoms with Gasteiger partial charge in [0.2, 0.25) is 0 Å². The monoisotopic (exact) mass is 299 g/mol. The normalized spacial score (nSPS) is 11.6. The Labute approximate surface area is 120 Å². The molecule has 2 aromatic rings. The van der Waals surface area contributed by atoms with Gasteiger partial charge in [-0.25, -0.2) is 4.98 Å². The molecule has 7 heteroatoms. The molecule has 0 saturated carbocycles. The van der Waals surface area contributed by atoms with Gasteiger partial charge in [-0.3, -0.25) is 0 Å². The van der Waals surface area contributed by atoms with Gasteiger partial charge < -0.3 is 15.0 Å². The number of aryl methyl sites for hydroxylation is 1. The number of alkyl halides is 3. The highest BCUT2D eigenvalue weighted by molar-refractivity contribution is 5.70. The molecule has 0 amide bonds. The number of anilines is 1. The summed E-state index contributed by atoms with van der Waals surface area (Å²) in [6.07, 6.45) is -1.03. The lowest BCUT2D eigenvalue weighted by Gasteiger charge is -2.09. The summed E-state index contributed by atoms with van der Waals surface area (Å²) in [5.74, 6) is 0.239. The molecular weight excluding hydrogens is 283 g/mol. The molecule has 0 bridgehead atoms. The fourth-order valence-electron chi connectivity index (χ4n) is 1.94. The summed E-state index contributed by atoms with van der Waals surface area (Å²) in [5, 5.41) is 0. The number of hydrogen-bond donors (Lipinski definition) is 1. The summed E-state index contributed by atoms with van der Waals surface area (Å²) < 4.78 is 41.9. The smallest absolute Gasteiger partial charge is 0.406 e. The lowest BCUT2D eigenvalue weighted by atomic mass is 10.1. The van der Waals surface area contributed by atoms with E-state index in [9.17, 15) is 13.2 Å². The van der Waals surface area contributed by atoms with Crippen molar-refractivity contribution in [2.24, 2.45) is 0 Å². The van der Waals surface area contributed by atoms with Crippen LogP contribution >= 0.6 is 0 Å². The molecule has 2 rings (SSSR count). The van der Waals surface area contributed by atoms with Crippen LogP contribution in [0.1, 0.15) is 19.8 Å². The van der Waals surface area contributed by atoms with E-state index >= 15 is 0 Å². The van der Waals surface area contributed by atoms with Crippen LogP contribution in [-0.2, 0) is 6.54 Å². The van der Waals surface area contributed by atoms with Crippen molar-refractivity contribution in [3.05, 3.63) is 30.6 Å². The van der Waals surface area contributed by atoms with Gasteiger partial charge >= 0.3 is 6.36 Å². The predicted octanol–water partition coefficient (Wildman–Crippen LogP) is 3.83. The van der Waals surface area contributed by atoms with Crippen molar-refractivity contribution in [3.8, 4) is 17.0 Å². The van der Waals surface area contributed by atoms with Crippen LogP contribution < -0.4 is 10.5 Å². The highest BCUT2D eigenvalue weighted by atomic mass is 19.4. The van der Waals surface area contributed by atoms with Gasteiger partial charge in [-0.2, -0.15) is 0 Å². The zero-order valence-corrected chi connectivity index (χ0v) is 11.5. The highest BCUT2D eigenvalue weighted by Gasteiger charge is 2.31. The third-order valence-electron chi connectivity index (χ3n) is 2.99. The Bertz CT molecular complexity index is 591. The van der Waals surface area contributed by atoms with Gasteiger partial charge in [0, 0.05) is 12.1 Å². The van der Waals surface area contributed by atoms with Crippen molar-refractivity contribution in [3.63, 3.8) is 0 Å². The summed E-state index contributed by atoms with van der Waals surface area (Å²) in [5.41, 5.74) is 7.22. The Morgan fingerprint density at radius 2 is 1.90 bits per heavy atom. The molecule has 0 fully saturated rings. The number of unbranched alkanes of at least 4 members (excludes halogenated alkanes) is 1. The number of benzene rings is 1. The minimum absolute atomic E-state index is 0.268. The molecule has 0 aliphatic carbocycles. The molecule has 1 heterocycles. The van der Waals surface area contributed by atoms with E-state index in [4.69, 9.17) is 5.73 Å². The minimum atomic E-state index is -4.69. The van der Waals surface area contributed by atoms with Gasteiger partial charge in [0.25, 0.3) is 0 Å². The Kier molecular flexibility index (Phi) is 4.40. The molecule has 4 nitrogen and oxygen atoms in total. The number of halogens is 3. The van der Waals surface area contributed by atoms with E-state index in [1.807, 2.05) is 4.57 Å². The molecule has 0 radical (unpaired) electrons. The molecule has 0 spiro atoms. The van der Waals surface area contributed by atoms with Crippen LogP contribution in [0.5, 0.6) is 5.75 Å². The van der Waals surface area contributed by atoms with Gasteiger partial charge in [0.15, 0.2) is 0 Å². The van der Waals surface area contributed by atoms with Crippen molar-refractivity contribution in [1.29, 1.82) is 0 Å². The van der Waals surface area contributed by atoms with Crippen LogP contribution in [0.3, 0.4) is 0 Å². The molecule has 114 valence electrons. The molecule has 1 aromatic heterocycles. The molecular formula is C14H16F3N3O. The first-order chi connectivity index (χ1) is 9.90. The summed E-state index contributed by atoms with van der Waals surface area (Å²) in [4.78, 5) is 4.22. The van der Waals surface area contributed by atoms with E-state index in [0.717, 1.165) is 19.4 Å². The molecule has 2 N–H and O–H groups in total. The summed E-state index contributed by atoms with van der Waals surface area (Å²) in [6.45, 7) is 2.85. The van der Waals surface area contributed by atoms with Crippen LogP contribution in [0.4, 0.5) is 19.0 Å². The Morgan fingerprint density at radius 3 is 2.48 bits per heavy atom. The number of aromatic nitrogens is 2. The Morgan fingerprint density at radius 1 is 1.24 bits per heavy atom. The van der Waals surface area contributed by atoms with Crippen LogP contribution in [0, 0.1) is 0 Å². The highest BCUT2D eigenvalue weighted by Crippen LogP contribution is 2.28. The van der Waals surface area contributed by atoms with Crippen molar-refractivity contribution in [2.45, 2.75) is 32.7 Å². The van der Waals surface area contributed by atoms with Gasteiger partial charge in [0.05, 0.1) is 6.33 Å². The average molecular weight is 299 g/mol. The van der Waals surface area contributed by atoms with Crippen molar-refractivity contribution < 1.29 is 17.9 Å². The number of hydrogen-bond acceptors (Lipinski definition) is 3. The maximum atomic E-state index is 12.1. The van der Waals surface area contributed by atoms with Crippen molar-refractivity contribution in [2.75, 3.05) is 5.73 Å². The largest absolute Gasteiger partial charge is 0.573 e. The third-order valence-corrected chi connectivity index (χ3v) is 2.99. The summed E-state index contributed by atoms with van der Waals surface area (Å²) >= 11 is 0. The van der Waals surface area contributed by atoms with E-state index in [0.29, 0.717) is 17.1 Å². The molecule has 0 atom stereocenters. The number of nitrogen functional groups attached to an aromatic ring is 1. The number of rotatable bonds is 5. The number of imidazole rings is 1. The zero-order chi connectivity index (χ0) is 15.5. The van der Waals surface area contributed by atoms with E-state index in [2.05, 4.69) is 16.6 Å². The molecule has 0 saturated heterocycles. The lowest BCUT2D eigenvalue weighted by molar-refractivity contribution is -0.274. The average Bonchev–Trinajstić information content (AvgIpc) is 2.77. The van der Waals surface area contributed by atoms with Crippen molar-refractivity contribution in [1.82, 2.24) is 9.55 Å². The van der Waals surface area contributed by atoms with Crippen molar-refractivity contribution >= 4 is 5.82 Å². The number of nitrogens with zero attached hydrogens (tertiary/aromatic N) is 2. The van der Waals surface area contributed by atoms with Crippen LogP contribution in [-0.4, -0.2) is 15.9 Å². The topological polar surface area (TPSA) is 53.1 Å². The molecule has 0 aliphatic rings. The van der Waals surface area contributed by atoms with E-state index < -0.39 is 6.36 Å². The minimum Gasteiger partial charge on any atom is -0.406 e. The number of ether oxygens (including phenoxy) is 1. The van der Waals surface area contributed by atoms with E-state index in [-0.39, 0.29) is 5.75 Å². The first-order valence-electron chi connectivity index (χ1n) is 6.57.